The van der Waals surface area contributed by atoms with E-state index in [2.05, 4.69) is 5.32 Å². The molecule has 0 unspecified atom stereocenters. The molecule has 0 aliphatic heterocycles. The second-order valence-corrected chi connectivity index (χ2v) is 12.3. The molecule has 0 spiro atoms. The summed E-state index contributed by atoms with van der Waals surface area (Å²) in [5, 5.41) is 2.98. The van der Waals surface area contributed by atoms with Crippen molar-refractivity contribution in [2.45, 2.75) is 51.7 Å². The van der Waals surface area contributed by atoms with Gasteiger partial charge < -0.3 is 19.7 Å². The van der Waals surface area contributed by atoms with Crippen molar-refractivity contribution in [1.29, 1.82) is 0 Å². The molecule has 226 valence electrons. The Balaban J connectivity index is 1.89. The third-order valence-corrected chi connectivity index (χ3v) is 7.90. The number of methoxy groups -OCH3 is 2. The summed E-state index contributed by atoms with van der Waals surface area (Å²) in [4.78, 5) is 29.0. The van der Waals surface area contributed by atoms with Gasteiger partial charge in [0.1, 0.15) is 17.5 Å². The Morgan fingerprint density at radius 2 is 1.50 bits per heavy atom. The SMILES string of the molecule is COc1ccc(N(CCCC(=O)N(Cc2cccc(OC)c2)[C@H](Cc2ccccc2)C(=O)NC(C)C)S(C)(=O)=O)cc1. The third kappa shape index (κ3) is 9.51. The minimum atomic E-state index is -3.61. The number of hydrogen-bond donors (Lipinski definition) is 1. The van der Waals surface area contributed by atoms with Crippen molar-refractivity contribution in [2.75, 3.05) is 31.3 Å². The van der Waals surface area contributed by atoms with Gasteiger partial charge >= 0.3 is 0 Å². The lowest BCUT2D eigenvalue weighted by molar-refractivity contribution is -0.141. The summed E-state index contributed by atoms with van der Waals surface area (Å²) in [7, 11) is -0.490. The van der Waals surface area contributed by atoms with Gasteiger partial charge in [-0.15, -0.1) is 0 Å². The molecular weight excluding hydrogens is 554 g/mol. The monoisotopic (exact) mass is 595 g/mol. The molecule has 3 aromatic rings. The number of nitrogens with one attached hydrogen (secondary N) is 1. The first-order valence-electron chi connectivity index (χ1n) is 13.9. The van der Waals surface area contributed by atoms with Crippen LogP contribution in [0.4, 0.5) is 5.69 Å². The van der Waals surface area contributed by atoms with E-state index in [1.54, 1.807) is 43.4 Å². The first kappa shape index (κ1) is 32.5. The van der Waals surface area contributed by atoms with Crippen LogP contribution in [0.3, 0.4) is 0 Å². The topological polar surface area (TPSA) is 105 Å². The number of ether oxygens (including phenoxy) is 2. The van der Waals surface area contributed by atoms with E-state index >= 15 is 0 Å². The van der Waals surface area contributed by atoms with Gasteiger partial charge in [0, 0.05) is 32.0 Å². The molecule has 42 heavy (non-hydrogen) atoms. The van der Waals surface area contributed by atoms with E-state index < -0.39 is 16.1 Å². The number of carbonyl (C=O) groups is 2. The summed E-state index contributed by atoms with van der Waals surface area (Å²) in [6, 6.07) is 22.8. The van der Waals surface area contributed by atoms with Crippen LogP contribution >= 0.6 is 0 Å². The summed E-state index contributed by atoms with van der Waals surface area (Å²) in [5.74, 6) is 0.760. The Morgan fingerprint density at radius 3 is 2.10 bits per heavy atom. The van der Waals surface area contributed by atoms with E-state index in [0.29, 0.717) is 23.6 Å². The normalized spacial score (nSPS) is 12.0. The zero-order chi connectivity index (χ0) is 30.7. The number of rotatable bonds is 15. The van der Waals surface area contributed by atoms with Gasteiger partial charge in [-0.2, -0.15) is 0 Å². The van der Waals surface area contributed by atoms with Crippen molar-refractivity contribution in [3.63, 3.8) is 0 Å². The lowest BCUT2D eigenvalue weighted by atomic mass is 10.0. The maximum atomic E-state index is 13.9. The average molecular weight is 596 g/mol. The Hall–Kier alpha value is -4.05. The zero-order valence-corrected chi connectivity index (χ0v) is 25.8. The fraction of sp³-hybridized carbons (Fsp3) is 0.375. The number of sulfonamides is 1. The third-order valence-electron chi connectivity index (χ3n) is 6.70. The Labute approximate surface area is 249 Å². The van der Waals surface area contributed by atoms with Gasteiger partial charge in [-0.1, -0.05) is 42.5 Å². The fourth-order valence-electron chi connectivity index (χ4n) is 4.65. The molecule has 0 fully saturated rings. The molecule has 10 heteroatoms. The van der Waals surface area contributed by atoms with E-state index in [1.807, 2.05) is 68.4 Å². The number of hydrogen-bond acceptors (Lipinski definition) is 6. The number of carbonyl (C=O) groups excluding carboxylic acids is 2. The van der Waals surface area contributed by atoms with E-state index in [-0.39, 0.29) is 43.8 Å². The smallest absolute Gasteiger partial charge is 0.243 e. The highest BCUT2D eigenvalue weighted by Crippen LogP contribution is 2.23. The Bertz CT molecular complexity index is 1410. The van der Waals surface area contributed by atoms with Gasteiger partial charge in [-0.05, 0) is 67.8 Å². The molecule has 0 aliphatic rings. The maximum Gasteiger partial charge on any atom is 0.243 e. The molecule has 2 amide bonds. The lowest BCUT2D eigenvalue weighted by Crippen LogP contribution is -2.51. The van der Waals surface area contributed by atoms with Crippen LogP contribution in [-0.4, -0.2) is 64.2 Å². The lowest BCUT2D eigenvalue weighted by Gasteiger charge is -2.32. The van der Waals surface area contributed by atoms with Crippen LogP contribution in [0.15, 0.2) is 78.9 Å². The highest BCUT2D eigenvalue weighted by atomic mass is 32.2. The molecule has 1 atom stereocenters. The summed E-state index contributed by atoms with van der Waals surface area (Å²) in [5.41, 5.74) is 2.22. The maximum absolute atomic E-state index is 13.9. The van der Waals surface area contributed by atoms with Gasteiger partial charge in [-0.25, -0.2) is 8.42 Å². The number of benzene rings is 3. The van der Waals surface area contributed by atoms with Crippen LogP contribution in [0.1, 0.15) is 37.8 Å². The molecule has 0 saturated heterocycles. The highest BCUT2D eigenvalue weighted by Gasteiger charge is 2.31. The van der Waals surface area contributed by atoms with Crippen LogP contribution in [0.2, 0.25) is 0 Å². The largest absolute Gasteiger partial charge is 0.497 e. The zero-order valence-electron chi connectivity index (χ0n) is 24.9. The van der Waals surface area contributed by atoms with Crippen LogP contribution in [-0.2, 0) is 32.6 Å². The van der Waals surface area contributed by atoms with Crippen molar-refractivity contribution in [1.82, 2.24) is 10.2 Å². The molecule has 1 N–H and O–H groups in total. The van der Waals surface area contributed by atoms with Gasteiger partial charge in [0.25, 0.3) is 0 Å². The second kappa shape index (κ2) is 15.3. The molecule has 0 saturated carbocycles. The fourth-order valence-corrected chi connectivity index (χ4v) is 5.62. The quantitative estimate of drug-likeness (QED) is 0.279. The number of nitrogens with zero attached hydrogens (tertiary/aromatic N) is 2. The van der Waals surface area contributed by atoms with Gasteiger partial charge in [-0.3, -0.25) is 13.9 Å². The molecule has 0 aliphatic carbocycles. The minimum absolute atomic E-state index is 0.0480. The van der Waals surface area contributed by atoms with Crippen LogP contribution in [0, 0.1) is 0 Å². The van der Waals surface area contributed by atoms with Gasteiger partial charge in [0.15, 0.2) is 0 Å². The summed E-state index contributed by atoms with van der Waals surface area (Å²) in [6.07, 6.45) is 1.78. The van der Waals surface area contributed by atoms with Crippen LogP contribution in [0.25, 0.3) is 0 Å². The molecule has 3 aromatic carbocycles. The Morgan fingerprint density at radius 1 is 0.857 bits per heavy atom. The molecule has 0 aromatic heterocycles. The predicted molar refractivity (Wildman–Crippen MR) is 165 cm³/mol. The van der Waals surface area contributed by atoms with E-state index in [1.165, 1.54) is 4.31 Å². The Kier molecular flexibility index (Phi) is 11.8. The van der Waals surface area contributed by atoms with Crippen LogP contribution in [0.5, 0.6) is 11.5 Å². The predicted octanol–water partition coefficient (Wildman–Crippen LogP) is 4.41. The number of anilines is 1. The van der Waals surface area contributed by atoms with Crippen molar-refractivity contribution in [3.05, 3.63) is 90.0 Å². The second-order valence-electron chi connectivity index (χ2n) is 10.4. The molecule has 0 heterocycles. The van der Waals surface area contributed by atoms with E-state index in [9.17, 15) is 18.0 Å². The van der Waals surface area contributed by atoms with E-state index in [4.69, 9.17) is 9.47 Å². The van der Waals surface area contributed by atoms with Gasteiger partial charge in [0.05, 0.1) is 26.2 Å². The first-order chi connectivity index (χ1) is 20.0. The average Bonchev–Trinajstić information content (AvgIpc) is 2.96. The van der Waals surface area contributed by atoms with Crippen molar-refractivity contribution >= 4 is 27.5 Å². The first-order valence-corrected chi connectivity index (χ1v) is 15.7. The molecule has 9 nitrogen and oxygen atoms in total. The molecule has 0 radical (unpaired) electrons. The van der Waals surface area contributed by atoms with Crippen LogP contribution < -0.4 is 19.1 Å². The molecule has 0 bridgehead atoms. The summed E-state index contributed by atoms with van der Waals surface area (Å²) < 4.78 is 37.1. The van der Waals surface area contributed by atoms with Gasteiger partial charge in [0.2, 0.25) is 21.8 Å². The summed E-state index contributed by atoms with van der Waals surface area (Å²) in [6.45, 7) is 4.05. The standard InChI is InChI=1S/C32H41N3O6S/c1-24(2)33-32(37)30(22-25-11-7-6-8-12-25)34(23-26-13-9-14-29(21-26)41-4)31(36)15-10-20-35(42(5,38)39)27-16-18-28(40-3)19-17-27/h6-9,11-14,16-19,21,24,30H,10,15,20,22-23H2,1-5H3,(H,33,37)/t30-/m1/s1. The van der Waals surface area contributed by atoms with Crippen molar-refractivity contribution in [3.8, 4) is 11.5 Å². The number of amides is 2. The molecular formula is C32H41N3O6S. The summed E-state index contributed by atoms with van der Waals surface area (Å²) >= 11 is 0. The van der Waals surface area contributed by atoms with E-state index in [0.717, 1.165) is 17.4 Å². The minimum Gasteiger partial charge on any atom is -0.497 e. The van der Waals surface area contributed by atoms with Crippen molar-refractivity contribution < 1.29 is 27.5 Å². The van der Waals surface area contributed by atoms with Crippen molar-refractivity contribution in [2.24, 2.45) is 0 Å². The highest BCUT2D eigenvalue weighted by molar-refractivity contribution is 7.92. The molecule has 3 rings (SSSR count).